The second kappa shape index (κ2) is 6.72. The van der Waals surface area contributed by atoms with Gasteiger partial charge in [0.2, 0.25) is 0 Å². The van der Waals surface area contributed by atoms with Crippen LogP contribution in [0.2, 0.25) is 0 Å². The fraction of sp³-hybridized carbons (Fsp3) is 0.133. The van der Waals surface area contributed by atoms with Crippen molar-refractivity contribution < 1.29 is 4.39 Å². The van der Waals surface area contributed by atoms with E-state index in [-0.39, 0.29) is 5.82 Å². The highest BCUT2D eigenvalue weighted by Gasteiger charge is 2.03. The first kappa shape index (κ1) is 14.8. The van der Waals surface area contributed by atoms with Crippen LogP contribution in [0.25, 0.3) is 0 Å². The zero-order valence-electron chi connectivity index (χ0n) is 11.2. The van der Waals surface area contributed by atoms with Gasteiger partial charge in [-0.25, -0.2) is 4.39 Å². The van der Waals surface area contributed by atoms with Gasteiger partial charge in [-0.3, -0.25) is 0 Å². The summed E-state index contributed by atoms with van der Waals surface area (Å²) in [5.41, 5.74) is 2.52. The summed E-state index contributed by atoms with van der Waals surface area (Å²) < 4.78 is 13.0. The number of aryl methyl sites for hydroxylation is 1. The molecule has 104 valence electrons. The molecule has 2 rings (SSSR count). The van der Waals surface area contributed by atoms with E-state index in [1.54, 1.807) is 17.8 Å². The lowest BCUT2D eigenvalue weighted by molar-refractivity contribution is 0.627. The summed E-state index contributed by atoms with van der Waals surface area (Å²) in [5.74, 6) is -0.250. The maximum atomic E-state index is 13.0. The van der Waals surface area contributed by atoms with Gasteiger partial charge >= 0.3 is 0 Å². The first-order chi connectivity index (χ1) is 9.58. The summed E-state index contributed by atoms with van der Waals surface area (Å²) in [4.78, 5) is 1.20. The van der Waals surface area contributed by atoms with E-state index >= 15 is 0 Å². The SMILES string of the molecule is CSc1ccc(NC(=S)Nc2ccc(F)cc2C)cc1. The molecule has 0 atom stereocenters. The summed E-state index contributed by atoms with van der Waals surface area (Å²) in [6.45, 7) is 1.83. The highest BCUT2D eigenvalue weighted by molar-refractivity contribution is 7.98. The predicted octanol–water partition coefficient (Wildman–Crippen LogP) is 4.66. The van der Waals surface area contributed by atoms with Crippen LogP contribution in [0.1, 0.15) is 5.56 Å². The van der Waals surface area contributed by atoms with Crippen LogP contribution in [-0.4, -0.2) is 11.4 Å². The normalized spacial score (nSPS) is 10.2. The number of hydrogen-bond donors (Lipinski definition) is 2. The zero-order valence-corrected chi connectivity index (χ0v) is 12.9. The molecule has 20 heavy (non-hydrogen) atoms. The molecule has 2 aromatic rings. The second-order valence-corrected chi connectivity index (χ2v) is 5.55. The molecule has 0 bridgehead atoms. The lowest BCUT2D eigenvalue weighted by Crippen LogP contribution is -2.19. The minimum atomic E-state index is -0.250. The van der Waals surface area contributed by atoms with Crippen molar-refractivity contribution in [3.8, 4) is 0 Å². The monoisotopic (exact) mass is 306 g/mol. The summed E-state index contributed by atoms with van der Waals surface area (Å²) in [6.07, 6.45) is 2.03. The van der Waals surface area contributed by atoms with Gasteiger partial charge in [-0.05, 0) is 73.4 Å². The highest BCUT2D eigenvalue weighted by Crippen LogP contribution is 2.19. The Bertz CT molecular complexity index is 612. The molecule has 0 saturated carbocycles. The van der Waals surface area contributed by atoms with Crippen LogP contribution in [0.5, 0.6) is 0 Å². The van der Waals surface area contributed by atoms with E-state index in [2.05, 4.69) is 10.6 Å². The Balaban J connectivity index is 2.01. The molecule has 0 aliphatic heterocycles. The van der Waals surface area contributed by atoms with E-state index in [0.29, 0.717) is 5.11 Å². The Hall–Kier alpha value is -1.59. The molecule has 2 N–H and O–H groups in total. The molecule has 0 aliphatic carbocycles. The van der Waals surface area contributed by atoms with Gasteiger partial charge in [0.25, 0.3) is 0 Å². The third-order valence-electron chi connectivity index (χ3n) is 2.78. The van der Waals surface area contributed by atoms with Crippen molar-refractivity contribution in [2.45, 2.75) is 11.8 Å². The van der Waals surface area contributed by atoms with Crippen LogP contribution in [0.4, 0.5) is 15.8 Å². The number of rotatable bonds is 3. The maximum absolute atomic E-state index is 13.0. The molecule has 0 fully saturated rings. The summed E-state index contributed by atoms with van der Waals surface area (Å²) in [6, 6.07) is 12.5. The molecule has 0 unspecified atom stereocenters. The van der Waals surface area contributed by atoms with Crippen LogP contribution in [-0.2, 0) is 0 Å². The van der Waals surface area contributed by atoms with E-state index in [4.69, 9.17) is 12.2 Å². The number of benzene rings is 2. The average molecular weight is 306 g/mol. The Kier molecular flexibility index (Phi) is 4.98. The molecule has 0 aromatic heterocycles. The quantitative estimate of drug-likeness (QED) is 0.636. The fourth-order valence-electron chi connectivity index (χ4n) is 1.73. The standard InChI is InChI=1S/C15H15FN2S2/c1-10-9-11(16)3-8-14(10)18-15(19)17-12-4-6-13(20-2)7-5-12/h3-9H,1-2H3,(H2,17,18,19). The molecule has 2 aromatic carbocycles. The summed E-state index contributed by atoms with van der Waals surface area (Å²) in [5, 5.41) is 6.65. The number of nitrogens with one attached hydrogen (secondary N) is 2. The van der Waals surface area contributed by atoms with Gasteiger partial charge in [0.1, 0.15) is 5.82 Å². The van der Waals surface area contributed by atoms with Gasteiger partial charge in [0.05, 0.1) is 0 Å². The van der Waals surface area contributed by atoms with Crippen LogP contribution in [0.15, 0.2) is 47.4 Å². The molecular weight excluding hydrogens is 291 g/mol. The van der Waals surface area contributed by atoms with Gasteiger partial charge in [-0.15, -0.1) is 11.8 Å². The maximum Gasteiger partial charge on any atom is 0.175 e. The third kappa shape index (κ3) is 3.95. The average Bonchev–Trinajstić information content (AvgIpc) is 2.43. The minimum Gasteiger partial charge on any atom is -0.332 e. The van der Waals surface area contributed by atoms with Crippen LogP contribution in [0, 0.1) is 12.7 Å². The number of thioether (sulfide) groups is 1. The lowest BCUT2D eigenvalue weighted by Gasteiger charge is -2.12. The summed E-state index contributed by atoms with van der Waals surface area (Å²) in [7, 11) is 0. The van der Waals surface area contributed by atoms with Crippen molar-refractivity contribution in [3.05, 3.63) is 53.8 Å². The number of hydrogen-bond acceptors (Lipinski definition) is 2. The van der Waals surface area contributed by atoms with Crippen molar-refractivity contribution in [2.24, 2.45) is 0 Å². The van der Waals surface area contributed by atoms with E-state index in [1.807, 2.05) is 37.4 Å². The van der Waals surface area contributed by atoms with Crippen molar-refractivity contribution in [1.82, 2.24) is 0 Å². The van der Waals surface area contributed by atoms with Crippen molar-refractivity contribution >= 4 is 40.5 Å². The number of thiocarbonyl (C=S) groups is 1. The molecule has 0 amide bonds. The smallest absolute Gasteiger partial charge is 0.175 e. The van der Waals surface area contributed by atoms with Crippen LogP contribution in [0.3, 0.4) is 0 Å². The largest absolute Gasteiger partial charge is 0.332 e. The van der Waals surface area contributed by atoms with Crippen molar-refractivity contribution in [3.63, 3.8) is 0 Å². The molecular formula is C15H15FN2S2. The zero-order chi connectivity index (χ0) is 14.5. The van der Waals surface area contributed by atoms with Crippen LogP contribution >= 0.6 is 24.0 Å². The fourth-order valence-corrected chi connectivity index (χ4v) is 2.36. The molecule has 0 spiro atoms. The van der Waals surface area contributed by atoms with Gasteiger partial charge in [0, 0.05) is 16.3 Å². The minimum absolute atomic E-state index is 0.250. The third-order valence-corrected chi connectivity index (χ3v) is 3.73. The summed E-state index contributed by atoms with van der Waals surface area (Å²) >= 11 is 6.94. The van der Waals surface area contributed by atoms with Crippen LogP contribution < -0.4 is 10.6 Å². The molecule has 2 nitrogen and oxygen atoms in total. The van der Waals surface area contributed by atoms with E-state index in [0.717, 1.165) is 16.9 Å². The Labute approximate surface area is 127 Å². The Morgan fingerprint density at radius 1 is 1.10 bits per heavy atom. The first-order valence-electron chi connectivity index (χ1n) is 6.06. The Morgan fingerprint density at radius 3 is 2.40 bits per heavy atom. The molecule has 0 heterocycles. The van der Waals surface area contributed by atoms with Gasteiger partial charge < -0.3 is 10.6 Å². The topological polar surface area (TPSA) is 24.1 Å². The molecule has 0 radical (unpaired) electrons. The van der Waals surface area contributed by atoms with E-state index in [9.17, 15) is 4.39 Å². The molecule has 0 saturated heterocycles. The highest BCUT2D eigenvalue weighted by atomic mass is 32.2. The van der Waals surface area contributed by atoms with Crippen molar-refractivity contribution in [2.75, 3.05) is 16.9 Å². The van der Waals surface area contributed by atoms with E-state index in [1.165, 1.54) is 17.0 Å². The molecule has 0 aliphatic rings. The number of anilines is 2. The second-order valence-electron chi connectivity index (χ2n) is 4.27. The van der Waals surface area contributed by atoms with Crippen molar-refractivity contribution in [1.29, 1.82) is 0 Å². The van der Waals surface area contributed by atoms with Gasteiger partial charge in [-0.1, -0.05) is 0 Å². The van der Waals surface area contributed by atoms with E-state index < -0.39 is 0 Å². The van der Waals surface area contributed by atoms with Gasteiger partial charge in [0.15, 0.2) is 5.11 Å². The van der Waals surface area contributed by atoms with Gasteiger partial charge in [-0.2, -0.15) is 0 Å². The molecule has 5 heteroatoms. The number of halogens is 1. The predicted molar refractivity (Wildman–Crippen MR) is 89.2 cm³/mol. The first-order valence-corrected chi connectivity index (χ1v) is 7.70. The lowest BCUT2D eigenvalue weighted by atomic mass is 10.2. The Morgan fingerprint density at radius 2 is 1.80 bits per heavy atom.